The number of aliphatic hydroxyl groups is 1. The number of ether oxygens (including phenoxy) is 1. The van der Waals surface area contributed by atoms with Crippen molar-refractivity contribution in [1.82, 2.24) is 5.32 Å². The van der Waals surface area contributed by atoms with Crippen LogP contribution < -0.4 is 21.5 Å². The molecule has 1 aliphatic heterocycles. The number of nitrogens with one attached hydrogen (secondary N) is 1. The van der Waals surface area contributed by atoms with Gasteiger partial charge in [0.25, 0.3) is 0 Å². The second kappa shape index (κ2) is 8.33. The molecular weight excluding hydrogens is 309 g/mol. The number of nitrogens with two attached hydrogens (primary N) is 2. The smallest absolute Gasteiger partial charge is 0.120 e. The van der Waals surface area contributed by atoms with Crippen molar-refractivity contribution in [2.24, 2.45) is 5.73 Å². The van der Waals surface area contributed by atoms with E-state index in [1.54, 1.807) is 24.4 Å². The Bertz CT molecular complexity index is 683. The summed E-state index contributed by atoms with van der Waals surface area (Å²) in [6, 6.07) is 5.09. The molecule has 24 heavy (non-hydrogen) atoms. The van der Waals surface area contributed by atoms with Crippen LogP contribution >= 0.6 is 0 Å². The number of hydrogen-bond acceptors (Lipinski definition) is 5. The Morgan fingerprint density at radius 2 is 2.29 bits per heavy atom. The van der Waals surface area contributed by atoms with E-state index in [0.717, 1.165) is 16.7 Å². The molecule has 0 saturated heterocycles. The van der Waals surface area contributed by atoms with Crippen molar-refractivity contribution in [1.29, 1.82) is 0 Å². The van der Waals surface area contributed by atoms with E-state index >= 15 is 0 Å². The van der Waals surface area contributed by atoms with Crippen LogP contribution in [0.1, 0.15) is 5.56 Å². The summed E-state index contributed by atoms with van der Waals surface area (Å²) < 4.78 is 17.6. The van der Waals surface area contributed by atoms with Gasteiger partial charge in [-0.2, -0.15) is 0 Å². The summed E-state index contributed by atoms with van der Waals surface area (Å²) in [5, 5.41) is 12.2. The van der Waals surface area contributed by atoms with Crippen LogP contribution in [-0.4, -0.2) is 30.7 Å². The largest absolute Gasteiger partial charge is 0.491 e. The number of nitrogen functional groups attached to an aromatic ring is 1. The van der Waals surface area contributed by atoms with Gasteiger partial charge in [-0.25, -0.2) is 4.39 Å². The summed E-state index contributed by atoms with van der Waals surface area (Å²) in [6.45, 7) is 3.05. The number of halogens is 1. The molecule has 0 amide bonds. The molecule has 1 aliphatic rings. The molecule has 0 fully saturated rings. The highest BCUT2D eigenvalue weighted by molar-refractivity contribution is 5.68. The Morgan fingerprint density at radius 3 is 2.96 bits per heavy atom. The van der Waals surface area contributed by atoms with E-state index in [4.69, 9.17) is 16.2 Å². The van der Waals surface area contributed by atoms with Crippen molar-refractivity contribution in [3.8, 4) is 5.75 Å². The van der Waals surface area contributed by atoms with E-state index in [-0.39, 0.29) is 12.8 Å². The Kier molecular flexibility index (Phi) is 6.17. The lowest BCUT2D eigenvalue weighted by atomic mass is 10.0. The highest BCUT2D eigenvalue weighted by Crippen LogP contribution is 2.23. The molecule has 6 heteroatoms. The topological polar surface area (TPSA) is 93.5 Å². The highest BCUT2D eigenvalue weighted by atomic mass is 19.1. The molecule has 0 spiro atoms. The highest BCUT2D eigenvalue weighted by Gasteiger charge is 2.06. The lowest BCUT2D eigenvalue weighted by Gasteiger charge is -2.14. The van der Waals surface area contributed by atoms with Crippen LogP contribution in [0.5, 0.6) is 5.75 Å². The second-order valence-corrected chi connectivity index (χ2v) is 5.42. The van der Waals surface area contributed by atoms with Gasteiger partial charge in [-0.1, -0.05) is 24.8 Å². The average Bonchev–Trinajstić information content (AvgIpc) is 2.59. The summed E-state index contributed by atoms with van der Waals surface area (Å²) in [6.07, 6.45) is 7.88. The molecule has 0 radical (unpaired) electrons. The van der Waals surface area contributed by atoms with Gasteiger partial charge in [-0.15, -0.1) is 0 Å². The van der Waals surface area contributed by atoms with Crippen molar-refractivity contribution < 1.29 is 14.2 Å². The van der Waals surface area contributed by atoms with E-state index in [2.05, 4.69) is 11.9 Å². The van der Waals surface area contributed by atoms with Gasteiger partial charge in [0.05, 0.1) is 6.17 Å². The number of benzene rings is 1. The first kappa shape index (κ1) is 17.8. The predicted molar refractivity (Wildman–Crippen MR) is 94.8 cm³/mol. The standard InChI is InChI=1S/C18H22FN3O2/c1-12(14-4-7-18(21)22-10-14)2-3-13-8-16(5-6-17(13)20)24-11-15(23)9-19/h2-8,10,15,18,22-23H,1,9,11,20-21H2/b3-2-. The predicted octanol–water partition coefficient (Wildman–Crippen LogP) is 1.88. The summed E-state index contributed by atoms with van der Waals surface area (Å²) >= 11 is 0. The molecular formula is C18H22FN3O2. The van der Waals surface area contributed by atoms with Crippen LogP contribution in [0.2, 0.25) is 0 Å². The van der Waals surface area contributed by atoms with Crippen LogP contribution in [-0.2, 0) is 0 Å². The molecule has 1 aromatic carbocycles. The number of aliphatic hydroxyl groups excluding tert-OH is 1. The average molecular weight is 331 g/mol. The van der Waals surface area contributed by atoms with Crippen molar-refractivity contribution in [2.75, 3.05) is 19.0 Å². The third kappa shape index (κ3) is 4.97. The van der Waals surface area contributed by atoms with Gasteiger partial charge >= 0.3 is 0 Å². The quantitative estimate of drug-likeness (QED) is 0.452. The van der Waals surface area contributed by atoms with Gasteiger partial charge in [-0.3, -0.25) is 0 Å². The minimum atomic E-state index is -1.13. The van der Waals surface area contributed by atoms with Gasteiger partial charge in [0.1, 0.15) is 25.1 Å². The van der Waals surface area contributed by atoms with E-state index in [0.29, 0.717) is 11.4 Å². The van der Waals surface area contributed by atoms with E-state index in [1.807, 2.05) is 24.3 Å². The first-order chi connectivity index (χ1) is 11.5. The molecule has 0 saturated carbocycles. The van der Waals surface area contributed by atoms with Crippen molar-refractivity contribution in [3.05, 3.63) is 65.9 Å². The molecule has 128 valence electrons. The Balaban J connectivity index is 2.05. The third-order valence-electron chi connectivity index (χ3n) is 3.43. The fourth-order valence-corrected chi connectivity index (χ4v) is 2.01. The maximum atomic E-state index is 12.2. The first-order valence-corrected chi connectivity index (χ1v) is 7.53. The lowest BCUT2D eigenvalue weighted by molar-refractivity contribution is 0.0842. The maximum absolute atomic E-state index is 12.2. The maximum Gasteiger partial charge on any atom is 0.120 e. The monoisotopic (exact) mass is 331 g/mol. The number of rotatable bonds is 7. The first-order valence-electron chi connectivity index (χ1n) is 7.53. The van der Waals surface area contributed by atoms with Crippen LogP contribution in [0, 0.1) is 0 Å². The van der Waals surface area contributed by atoms with Gasteiger partial charge in [0.2, 0.25) is 0 Å². The van der Waals surface area contributed by atoms with Gasteiger partial charge < -0.3 is 26.6 Å². The zero-order valence-corrected chi connectivity index (χ0v) is 13.3. The second-order valence-electron chi connectivity index (χ2n) is 5.42. The van der Waals surface area contributed by atoms with Crippen molar-refractivity contribution in [2.45, 2.75) is 12.3 Å². The number of anilines is 1. The molecule has 6 N–H and O–H groups in total. The van der Waals surface area contributed by atoms with Crippen molar-refractivity contribution >= 4 is 11.8 Å². The summed E-state index contributed by atoms with van der Waals surface area (Å²) in [5.41, 5.74) is 14.7. The van der Waals surface area contributed by atoms with E-state index in [1.165, 1.54) is 0 Å². The zero-order chi connectivity index (χ0) is 17.5. The minimum Gasteiger partial charge on any atom is -0.491 e. The summed E-state index contributed by atoms with van der Waals surface area (Å²) in [4.78, 5) is 0. The number of alkyl halides is 1. The third-order valence-corrected chi connectivity index (χ3v) is 3.43. The lowest BCUT2D eigenvalue weighted by Crippen LogP contribution is -2.33. The number of hydrogen-bond donors (Lipinski definition) is 4. The fraction of sp³-hybridized carbons (Fsp3) is 0.222. The van der Waals surface area contributed by atoms with Crippen LogP contribution in [0.3, 0.4) is 0 Å². The minimum absolute atomic E-state index is 0.111. The Labute approximate surface area is 140 Å². The molecule has 2 rings (SSSR count). The van der Waals surface area contributed by atoms with Gasteiger partial charge in [0.15, 0.2) is 0 Å². The summed E-state index contributed by atoms with van der Waals surface area (Å²) in [7, 11) is 0. The fourth-order valence-electron chi connectivity index (χ4n) is 2.01. The molecule has 0 aliphatic carbocycles. The molecule has 0 bridgehead atoms. The molecule has 1 aromatic rings. The van der Waals surface area contributed by atoms with Crippen LogP contribution in [0.4, 0.5) is 10.1 Å². The van der Waals surface area contributed by atoms with Crippen molar-refractivity contribution in [3.63, 3.8) is 0 Å². The number of dihydropyridines is 1. The van der Waals surface area contributed by atoms with Crippen LogP contribution in [0.15, 0.2) is 60.4 Å². The zero-order valence-electron chi connectivity index (χ0n) is 13.3. The Morgan fingerprint density at radius 1 is 1.50 bits per heavy atom. The molecule has 2 atom stereocenters. The molecule has 1 heterocycles. The Hall–Kier alpha value is -2.57. The van der Waals surface area contributed by atoms with E-state index < -0.39 is 12.8 Å². The molecule has 2 unspecified atom stereocenters. The van der Waals surface area contributed by atoms with Gasteiger partial charge in [0, 0.05) is 17.5 Å². The van der Waals surface area contributed by atoms with Gasteiger partial charge in [-0.05, 0) is 35.4 Å². The molecule has 0 aromatic heterocycles. The molecule has 5 nitrogen and oxygen atoms in total. The normalized spacial score (nSPS) is 18.1. The van der Waals surface area contributed by atoms with Crippen LogP contribution in [0.25, 0.3) is 6.08 Å². The number of allylic oxidation sites excluding steroid dienone is 4. The SMILES string of the molecule is C=C(/C=C\c1cc(OCC(O)CF)ccc1N)C1=CNC(N)C=C1. The summed E-state index contributed by atoms with van der Waals surface area (Å²) in [5.74, 6) is 0.506. The van der Waals surface area contributed by atoms with E-state index in [9.17, 15) is 9.50 Å².